The van der Waals surface area contributed by atoms with E-state index in [2.05, 4.69) is 11.0 Å². The van der Waals surface area contributed by atoms with Crippen molar-refractivity contribution in [1.82, 2.24) is 0 Å². The number of nitrogens with zero attached hydrogens (tertiary/aromatic N) is 1. The van der Waals surface area contributed by atoms with E-state index < -0.39 is 0 Å². The number of hydrogen-bond donors (Lipinski definition) is 0. The molecular weight excluding hydrogens is 326 g/mol. The Kier molecular flexibility index (Phi) is 4.09. The van der Waals surface area contributed by atoms with Crippen LogP contribution in [0, 0.1) is 0 Å². The van der Waals surface area contributed by atoms with E-state index >= 15 is 0 Å². The predicted molar refractivity (Wildman–Crippen MR) is 102 cm³/mol. The number of carbonyl (C=O) groups excluding carboxylic acids is 1. The normalized spacial score (nSPS) is 15.2. The maximum atomic E-state index is 13.1. The van der Waals surface area contributed by atoms with Crippen molar-refractivity contribution in [3.05, 3.63) is 83.6 Å². The zero-order valence-electron chi connectivity index (χ0n) is 14.7. The summed E-state index contributed by atoms with van der Waals surface area (Å²) < 4.78 is 10.8. The molecule has 0 amide bonds. The van der Waals surface area contributed by atoms with Gasteiger partial charge in [0.05, 0.1) is 12.7 Å². The Morgan fingerprint density at radius 3 is 2.54 bits per heavy atom. The second-order valence-corrected chi connectivity index (χ2v) is 6.18. The molecule has 2 aromatic rings. The van der Waals surface area contributed by atoms with Crippen molar-refractivity contribution in [3.8, 4) is 11.5 Å². The molecule has 4 rings (SSSR count). The minimum Gasteiger partial charge on any atom is -0.497 e. The number of anilines is 1. The number of methoxy groups -OCH3 is 1. The Morgan fingerprint density at radius 1 is 1.04 bits per heavy atom. The number of para-hydroxylation sites is 1. The van der Waals surface area contributed by atoms with Crippen LogP contribution in [0.1, 0.15) is 12.0 Å². The average Bonchev–Trinajstić information content (AvgIpc) is 2.69. The molecule has 1 aliphatic heterocycles. The molecule has 0 fully saturated rings. The van der Waals surface area contributed by atoms with Crippen molar-refractivity contribution in [2.75, 3.05) is 19.1 Å². The van der Waals surface area contributed by atoms with Crippen LogP contribution in [0.2, 0.25) is 0 Å². The minimum absolute atomic E-state index is 0.341. The number of rotatable bonds is 3. The molecule has 0 spiro atoms. The third-order valence-electron chi connectivity index (χ3n) is 4.69. The standard InChI is InChI=1S/C22H19NO3/c1-23-19-9-5-3-7-17(19)21(18-8-4-6-10-20(18)23)22(24)26-16-13-11-15(25-2)12-14-16/h3-7,9-14H,8H2,1-2H3. The lowest BCUT2D eigenvalue weighted by Gasteiger charge is -2.34. The molecule has 0 saturated carbocycles. The third kappa shape index (κ3) is 2.69. The van der Waals surface area contributed by atoms with Crippen molar-refractivity contribution >= 4 is 17.2 Å². The van der Waals surface area contributed by atoms with E-state index in [-0.39, 0.29) is 5.97 Å². The lowest BCUT2D eigenvalue weighted by atomic mass is 9.87. The number of carbonyl (C=O) groups is 1. The number of likely N-dealkylation sites (N-methyl/N-ethyl adjacent to an activating group) is 1. The quantitative estimate of drug-likeness (QED) is 0.612. The van der Waals surface area contributed by atoms with Crippen LogP contribution < -0.4 is 14.4 Å². The second kappa shape index (κ2) is 6.56. The van der Waals surface area contributed by atoms with Crippen molar-refractivity contribution in [1.29, 1.82) is 0 Å². The molecule has 4 nitrogen and oxygen atoms in total. The lowest BCUT2D eigenvalue weighted by molar-refractivity contribution is -0.128. The summed E-state index contributed by atoms with van der Waals surface area (Å²) in [5.74, 6) is 0.878. The van der Waals surface area contributed by atoms with E-state index in [4.69, 9.17) is 9.47 Å². The Bertz CT molecular complexity index is 952. The summed E-state index contributed by atoms with van der Waals surface area (Å²) in [4.78, 5) is 15.2. The Labute approximate surface area is 152 Å². The van der Waals surface area contributed by atoms with Gasteiger partial charge < -0.3 is 14.4 Å². The first-order valence-corrected chi connectivity index (χ1v) is 8.49. The van der Waals surface area contributed by atoms with Gasteiger partial charge in [-0.05, 0) is 48.4 Å². The van der Waals surface area contributed by atoms with Gasteiger partial charge in [0.25, 0.3) is 0 Å². The number of ether oxygens (including phenoxy) is 2. The summed E-state index contributed by atoms with van der Waals surface area (Å²) in [6, 6.07) is 14.9. The van der Waals surface area contributed by atoms with Crippen LogP contribution in [0.3, 0.4) is 0 Å². The fraction of sp³-hybridized carbons (Fsp3) is 0.136. The van der Waals surface area contributed by atoms with Crippen molar-refractivity contribution < 1.29 is 14.3 Å². The molecule has 0 bridgehead atoms. The van der Waals surface area contributed by atoms with Crippen LogP contribution >= 0.6 is 0 Å². The van der Waals surface area contributed by atoms with Crippen LogP contribution in [0.15, 0.2) is 78.0 Å². The SMILES string of the molecule is COc1ccc(OC(=O)C2=C3CC=CC=C3N(C)c3ccccc32)cc1. The summed E-state index contributed by atoms with van der Waals surface area (Å²) in [5, 5.41) is 0. The van der Waals surface area contributed by atoms with Gasteiger partial charge in [0.2, 0.25) is 0 Å². The van der Waals surface area contributed by atoms with E-state index in [1.807, 2.05) is 43.5 Å². The Balaban J connectivity index is 1.76. The van der Waals surface area contributed by atoms with E-state index in [1.165, 1.54) is 0 Å². The summed E-state index contributed by atoms with van der Waals surface area (Å²) in [7, 11) is 3.63. The van der Waals surface area contributed by atoms with Crippen LogP contribution in [-0.2, 0) is 4.79 Å². The first kappa shape index (κ1) is 16.2. The van der Waals surface area contributed by atoms with Crippen molar-refractivity contribution in [2.45, 2.75) is 6.42 Å². The highest BCUT2D eigenvalue weighted by atomic mass is 16.5. The zero-order valence-corrected chi connectivity index (χ0v) is 14.7. The molecule has 4 heteroatoms. The monoisotopic (exact) mass is 345 g/mol. The van der Waals surface area contributed by atoms with Gasteiger partial charge in [0.15, 0.2) is 0 Å². The third-order valence-corrected chi connectivity index (χ3v) is 4.69. The molecule has 0 atom stereocenters. The second-order valence-electron chi connectivity index (χ2n) is 6.18. The molecule has 2 aromatic carbocycles. The fourth-order valence-electron chi connectivity index (χ4n) is 3.40. The van der Waals surface area contributed by atoms with Gasteiger partial charge in [0, 0.05) is 24.0 Å². The maximum absolute atomic E-state index is 13.1. The Hall–Kier alpha value is -3.27. The molecule has 130 valence electrons. The number of fused-ring (bicyclic) bond motifs is 2. The van der Waals surface area contributed by atoms with Gasteiger partial charge in [-0.15, -0.1) is 0 Å². The largest absolute Gasteiger partial charge is 0.497 e. The van der Waals surface area contributed by atoms with E-state index in [0.717, 1.165) is 28.3 Å². The summed E-state index contributed by atoms with van der Waals surface area (Å²) in [6.07, 6.45) is 6.82. The first-order chi connectivity index (χ1) is 12.7. The smallest absolute Gasteiger partial charge is 0.344 e. The van der Waals surface area contributed by atoms with Gasteiger partial charge in [0.1, 0.15) is 11.5 Å². The molecule has 0 aromatic heterocycles. The van der Waals surface area contributed by atoms with Crippen molar-refractivity contribution in [3.63, 3.8) is 0 Å². The number of hydrogen-bond acceptors (Lipinski definition) is 4. The van der Waals surface area contributed by atoms with Crippen LogP contribution in [-0.4, -0.2) is 20.1 Å². The van der Waals surface area contributed by atoms with Crippen LogP contribution in [0.4, 0.5) is 5.69 Å². The highest BCUT2D eigenvalue weighted by molar-refractivity contribution is 6.22. The predicted octanol–water partition coefficient (Wildman–Crippen LogP) is 4.35. The average molecular weight is 345 g/mol. The summed E-state index contributed by atoms with van der Waals surface area (Å²) in [5.41, 5.74) is 4.56. The molecule has 2 aliphatic rings. The minimum atomic E-state index is -0.341. The van der Waals surface area contributed by atoms with E-state index in [9.17, 15) is 4.79 Å². The molecule has 1 aliphatic carbocycles. The molecule has 0 radical (unpaired) electrons. The molecule has 0 saturated heterocycles. The number of benzene rings is 2. The van der Waals surface area contributed by atoms with Crippen LogP contribution in [0.25, 0.3) is 5.57 Å². The lowest BCUT2D eigenvalue weighted by Crippen LogP contribution is -2.27. The van der Waals surface area contributed by atoms with Gasteiger partial charge in [-0.25, -0.2) is 4.79 Å². The molecule has 0 unspecified atom stereocenters. The highest BCUT2D eigenvalue weighted by Crippen LogP contribution is 2.42. The van der Waals surface area contributed by atoms with E-state index in [1.54, 1.807) is 31.4 Å². The molecule has 26 heavy (non-hydrogen) atoms. The Morgan fingerprint density at radius 2 is 1.77 bits per heavy atom. The highest BCUT2D eigenvalue weighted by Gasteiger charge is 2.31. The fourth-order valence-corrected chi connectivity index (χ4v) is 3.40. The van der Waals surface area contributed by atoms with Crippen molar-refractivity contribution in [2.24, 2.45) is 0 Å². The summed E-state index contributed by atoms with van der Waals surface area (Å²) in [6.45, 7) is 0. The topological polar surface area (TPSA) is 38.8 Å². The summed E-state index contributed by atoms with van der Waals surface area (Å²) >= 11 is 0. The molecule has 1 heterocycles. The first-order valence-electron chi connectivity index (χ1n) is 8.49. The van der Waals surface area contributed by atoms with Gasteiger partial charge in [-0.1, -0.05) is 30.4 Å². The molecular formula is C22H19NO3. The van der Waals surface area contributed by atoms with Gasteiger partial charge >= 0.3 is 5.97 Å². The number of allylic oxidation sites excluding steroid dienone is 4. The van der Waals surface area contributed by atoms with Crippen LogP contribution in [0.5, 0.6) is 11.5 Å². The van der Waals surface area contributed by atoms with E-state index in [0.29, 0.717) is 17.7 Å². The molecule has 0 N–H and O–H groups in total. The van der Waals surface area contributed by atoms with Gasteiger partial charge in [-0.2, -0.15) is 0 Å². The van der Waals surface area contributed by atoms with Gasteiger partial charge in [-0.3, -0.25) is 0 Å². The number of esters is 1. The maximum Gasteiger partial charge on any atom is 0.344 e. The zero-order chi connectivity index (χ0) is 18.1.